The van der Waals surface area contributed by atoms with Gasteiger partial charge in [0.05, 0.1) is 13.7 Å². The first-order valence-electron chi connectivity index (χ1n) is 8.57. The Hall–Kier alpha value is -1.88. The van der Waals surface area contributed by atoms with Gasteiger partial charge >= 0.3 is 5.97 Å². The van der Waals surface area contributed by atoms with Gasteiger partial charge in [-0.25, -0.2) is 4.79 Å². The average Bonchev–Trinajstić information content (AvgIpc) is 2.97. The molecule has 0 fully saturated rings. The first-order chi connectivity index (χ1) is 11.4. The zero-order valence-electron chi connectivity index (χ0n) is 15.0. The molecular weight excluding hydrogens is 304 g/mol. The molecule has 0 aromatic heterocycles. The van der Waals surface area contributed by atoms with E-state index in [0.29, 0.717) is 12.3 Å². The molecule has 1 N–H and O–H groups in total. The molecule has 0 saturated heterocycles. The van der Waals surface area contributed by atoms with Crippen LogP contribution < -0.4 is 5.32 Å². The second-order valence-corrected chi connectivity index (χ2v) is 6.94. The number of benzene rings is 1. The molecule has 1 aliphatic rings. The zero-order chi connectivity index (χ0) is 17.7. The second kappa shape index (κ2) is 8.29. The number of aryl methyl sites for hydroxylation is 1. The Morgan fingerprint density at radius 1 is 1.33 bits per heavy atom. The van der Waals surface area contributed by atoms with Crippen molar-refractivity contribution in [2.24, 2.45) is 5.92 Å². The maximum Gasteiger partial charge on any atom is 0.328 e. The van der Waals surface area contributed by atoms with Gasteiger partial charge in [-0.1, -0.05) is 38.1 Å². The molecule has 2 atom stereocenters. The Balaban J connectivity index is 1.95. The topological polar surface area (TPSA) is 58.6 Å². The number of hydrogen-bond acceptors (Lipinski definition) is 4. The van der Waals surface area contributed by atoms with E-state index < -0.39 is 6.04 Å². The molecule has 2 unspecified atom stereocenters. The number of esters is 1. The predicted molar refractivity (Wildman–Crippen MR) is 93.5 cm³/mol. The van der Waals surface area contributed by atoms with Crippen LogP contribution in [0.25, 0.3) is 0 Å². The molecule has 1 aliphatic carbocycles. The van der Waals surface area contributed by atoms with Crippen molar-refractivity contribution in [3.05, 3.63) is 35.4 Å². The summed E-state index contributed by atoms with van der Waals surface area (Å²) in [5, 5.41) is 2.82. The summed E-state index contributed by atoms with van der Waals surface area (Å²) in [5.41, 5.74) is 2.67. The number of rotatable bonds is 7. The molecule has 0 saturated carbocycles. The van der Waals surface area contributed by atoms with E-state index in [-0.39, 0.29) is 24.5 Å². The molecule has 24 heavy (non-hydrogen) atoms. The molecular formula is C19H28N2O3. The standard InChI is InChI=1S/C19H28N2O3/c1-13(2)11-16(19(23)24-4)20-18(22)12-21(3)17-10-9-14-7-5-6-8-15(14)17/h5-8,13,16-17H,9-12H2,1-4H3,(H,20,22). The minimum absolute atomic E-state index is 0.141. The quantitative estimate of drug-likeness (QED) is 0.779. The Labute approximate surface area is 144 Å². The number of carbonyl (C=O) groups excluding carboxylic acids is 2. The molecule has 1 aromatic carbocycles. The minimum Gasteiger partial charge on any atom is -0.467 e. The summed E-state index contributed by atoms with van der Waals surface area (Å²) in [6.45, 7) is 4.30. The fourth-order valence-electron chi connectivity index (χ4n) is 3.40. The molecule has 0 bridgehead atoms. The molecule has 1 amide bonds. The molecule has 2 rings (SSSR count). The van der Waals surface area contributed by atoms with E-state index in [4.69, 9.17) is 4.74 Å². The molecule has 0 spiro atoms. The third kappa shape index (κ3) is 4.57. The Morgan fingerprint density at radius 2 is 2.04 bits per heavy atom. The first kappa shape index (κ1) is 18.5. The number of ether oxygens (including phenoxy) is 1. The van der Waals surface area contributed by atoms with Crippen molar-refractivity contribution in [3.8, 4) is 0 Å². The number of hydrogen-bond donors (Lipinski definition) is 1. The van der Waals surface area contributed by atoms with Crippen LogP contribution in [0.1, 0.15) is 43.9 Å². The van der Waals surface area contributed by atoms with Crippen LogP contribution >= 0.6 is 0 Å². The summed E-state index contributed by atoms with van der Waals surface area (Å²) in [6, 6.07) is 8.07. The third-order valence-electron chi connectivity index (χ3n) is 4.55. The Kier molecular flexibility index (Phi) is 6.37. The van der Waals surface area contributed by atoms with Gasteiger partial charge in [0.1, 0.15) is 6.04 Å². The monoisotopic (exact) mass is 332 g/mol. The van der Waals surface area contributed by atoms with E-state index in [0.717, 1.165) is 12.8 Å². The maximum absolute atomic E-state index is 12.4. The number of carbonyl (C=O) groups is 2. The van der Waals surface area contributed by atoms with Gasteiger partial charge in [-0.05, 0) is 43.4 Å². The van der Waals surface area contributed by atoms with Gasteiger partial charge in [-0.15, -0.1) is 0 Å². The molecule has 132 valence electrons. The van der Waals surface area contributed by atoms with Crippen LogP contribution in [0.3, 0.4) is 0 Å². The van der Waals surface area contributed by atoms with Gasteiger partial charge < -0.3 is 10.1 Å². The van der Waals surface area contributed by atoms with E-state index in [9.17, 15) is 9.59 Å². The fourth-order valence-corrected chi connectivity index (χ4v) is 3.40. The SMILES string of the molecule is COC(=O)C(CC(C)C)NC(=O)CN(C)C1CCc2ccccc21. The Morgan fingerprint density at radius 3 is 2.71 bits per heavy atom. The molecule has 0 radical (unpaired) electrons. The fraction of sp³-hybridized carbons (Fsp3) is 0.579. The van der Waals surface area contributed by atoms with Crippen LogP contribution in [-0.2, 0) is 20.7 Å². The maximum atomic E-state index is 12.4. The highest BCUT2D eigenvalue weighted by Gasteiger charge is 2.28. The van der Waals surface area contributed by atoms with Crippen molar-refractivity contribution >= 4 is 11.9 Å². The lowest BCUT2D eigenvalue weighted by atomic mass is 10.0. The summed E-state index contributed by atoms with van der Waals surface area (Å²) < 4.78 is 4.80. The minimum atomic E-state index is -0.577. The first-order valence-corrected chi connectivity index (χ1v) is 8.57. The molecule has 0 aliphatic heterocycles. The zero-order valence-corrected chi connectivity index (χ0v) is 15.0. The molecule has 1 aromatic rings. The van der Waals surface area contributed by atoms with Gasteiger partial charge in [-0.3, -0.25) is 9.69 Å². The van der Waals surface area contributed by atoms with E-state index in [1.807, 2.05) is 27.0 Å². The molecule has 5 heteroatoms. The summed E-state index contributed by atoms with van der Waals surface area (Å²) in [6.07, 6.45) is 2.65. The van der Waals surface area contributed by atoms with Crippen LogP contribution in [0.5, 0.6) is 0 Å². The number of fused-ring (bicyclic) bond motifs is 1. The van der Waals surface area contributed by atoms with E-state index >= 15 is 0 Å². The molecule has 5 nitrogen and oxygen atoms in total. The van der Waals surface area contributed by atoms with Crippen molar-refractivity contribution in [3.63, 3.8) is 0 Å². The Bertz CT molecular complexity index is 586. The van der Waals surface area contributed by atoms with Gasteiger partial charge in [0, 0.05) is 6.04 Å². The van der Waals surface area contributed by atoms with Crippen molar-refractivity contribution in [2.75, 3.05) is 20.7 Å². The number of methoxy groups -OCH3 is 1. The lowest BCUT2D eigenvalue weighted by Crippen LogP contribution is -2.46. The largest absolute Gasteiger partial charge is 0.467 e. The van der Waals surface area contributed by atoms with E-state index in [1.54, 1.807) is 0 Å². The predicted octanol–water partition coefficient (Wildman–Crippen LogP) is 2.31. The molecule has 0 heterocycles. The summed E-state index contributed by atoms with van der Waals surface area (Å²) in [4.78, 5) is 26.3. The number of likely N-dealkylation sites (N-methyl/N-ethyl adjacent to an activating group) is 1. The van der Waals surface area contributed by atoms with Crippen molar-refractivity contribution in [2.45, 2.75) is 45.2 Å². The van der Waals surface area contributed by atoms with Crippen LogP contribution in [-0.4, -0.2) is 43.5 Å². The van der Waals surface area contributed by atoms with E-state index in [1.165, 1.54) is 18.2 Å². The highest BCUT2D eigenvalue weighted by atomic mass is 16.5. The smallest absolute Gasteiger partial charge is 0.328 e. The summed E-state index contributed by atoms with van der Waals surface area (Å²) >= 11 is 0. The van der Waals surface area contributed by atoms with Crippen molar-refractivity contribution in [1.29, 1.82) is 0 Å². The van der Waals surface area contributed by atoms with Gasteiger partial charge in [0.2, 0.25) is 5.91 Å². The summed E-state index contributed by atoms with van der Waals surface area (Å²) in [7, 11) is 3.31. The third-order valence-corrected chi connectivity index (χ3v) is 4.55. The van der Waals surface area contributed by atoms with Crippen LogP contribution in [0.15, 0.2) is 24.3 Å². The average molecular weight is 332 g/mol. The normalized spacial score (nSPS) is 17.7. The van der Waals surface area contributed by atoms with Crippen LogP contribution in [0.2, 0.25) is 0 Å². The number of nitrogens with one attached hydrogen (secondary N) is 1. The second-order valence-electron chi connectivity index (χ2n) is 6.94. The lowest BCUT2D eigenvalue weighted by Gasteiger charge is -2.26. The van der Waals surface area contributed by atoms with Gasteiger partial charge in [0.15, 0.2) is 0 Å². The number of amides is 1. The van der Waals surface area contributed by atoms with Gasteiger partial charge in [-0.2, -0.15) is 0 Å². The summed E-state index contributed by atoms with van der Waals surface area (Å²) in [5.74, 6) is -0.224. The number of nitrogens with zero attached hydrogens (tertiary/aromatic N) is 1. The van der Waals surface area contributed by atoms with E-state index in [2.05, 4.69) is 28.4 Å². The van der Waals surface area contributed by atoms with Crippen LogP contribution in [0.4, 0.5) is 0 Å². The van der Waals surface area contributed by atoms with Crippen LogP contribution in [0, 0.1) is 5.92 Å². The highest BCUT2D eigenvalue weighted by molar-refractivity contribution is 5.85. The highest BCUT2D eigenvalue weighted by Crippen LogP contribution is 2.34. The van der Waals surface area contributed by atoms with Crippen molar-refractivity contribution < 1.29 is 14.3 Å². The van der Waals surface area contributed by atoms with Crippen molar-refractivity contribution in [1.82, 2.24) is 10.2 Å². The lowest BCUT2D eigenvalue weighted by molar-refractivity contribution is -0.145. The van der Waals surface area contributed by atoms with Gasteiger partial charge in [0.25, 0.3) is 0 Å².